The van der Waals surface area contributed by atoms with Crippen LogP contribution in [-0.4, -0.2) is 17.1 Å². The van der Waals surface area contributed by atoms with Crippen LogP contribution in [0.4, 0.5) is 5.69 Å². The van der Waals surface area contributed by atoms with Gasteiger partial charge in [-0.1, -0.05) is 44.2 Å². The molecule has 0 saturated heterocycles. The third-order valence-electron chi connectivity index (χ3n) is 4.17. The molecule has 0 aliphatic rings. The molecule has 136 valence electrons. The molecular formula is C20H22N2O3S. The van der Waals surface area contributed by atoms with Crippen LogP contribution < -0.4 is 14.9 Å². The van der Waals surface area contributed by atoms with Gasteiger partial charge in [-0.3, -0.25) is 9.59 Å². The first-order valence-corrected chi connectivity index (χ1v) is 9.18. The highest BCUT2D eigenvalue weighted by atomic mass is 32.1. The Labute approximate surface area is 156 Å². The van der Waals surface area contributed by atoms with Crippen LogP contribution in [0.5, 0.6) is 5.75 Å². The van der Waals surface area contributed by atoms with Crippen molar-refractivity contribution >= 4 is 33.1 Å². The van der Waals surface area contributed by atoms with Gasteiger partial charge in [-0.05, 0) is 41.3 Å². The predicted octanol–water partition coefficient (Wildman–Crippen LogP) is 3.92. The summed E-state index contributed by atoms with van der Waals surface area (Å²) in [4.78, 5) is 23.8. The smallest absolute Gasteiger partial charge is 0.307 e. The molecule has 0 fully saturated rings. The summed E-state index contributed by atoms with van der Waals surface area (Å²) in [5, 5.41) is 2.80. The molecule has 0 aliphatic heterocycles. The van der Waals surface area contributed by atoms with Gasteiger partial charge in [0.05, 0.1) is 10.2 Å². The zero-order valence-electron chi connectivity index (χ0n) is 15.3. The van der Waals surface area contributed by atoms with Gasteiger partial charge in [0.25, 0.3) is 5.91 Å². The van der Waals surface area contributed by atoms with E-state index in [9.17, 15) is 9.59 Å². The molecule has 0 aliphatic carbocycles. The Morgan fingerprint density at radius 2 is 1.85 bits per heavy atom. The number of aromatic nitrogens is 1. The van der Waals surface area contributed by atoms with Gasteiger partial charge < -0.3 is 14.6 Å². The number of aryl methyl sites for hydroxylation is 1. The molecule has 26 heavy (non-hydrogen) atoms. The zero-order valence-corrected chi connectivity index (χ0v) is 16.1. The number of anilines is 1. The minimum absolute atomic E-state index is 0.0227. The lowest BCUT2D eigenvalue weighted by Gasteiger charge is -2.19. The monoisotopic (exact) mass is 370 g/mol. The van der Waals surface area contributed by atoms with E-state index in [1.54, 1.807) is 23.7 Å². The standard InChI is InChI=1S/C20H22N2O3S/c1-20(2,3)13-5-8-15(9-6-13)25-12-18(23)21-14-7-10-16-17(11-14)26-19(24)22(16)4/h5-11H,12H2,1-4H3,(H,21,23). The number of hydrogen-bond acceptors (Lipinski definition) is 4. The highest BCUT2D eigenvalue weighted by molar-refractivity contribution is 7.16. The van der Waals surface area contributed by atoms with Gasteiger partial charge in [0.1, 0.15) is 5.75 Å². The second-order valence-corrected chi connectivity index (χ2v) is 8.21. The van der Waals surface area contributed by atoms with Crippen molar-refractivity contribution in [1.82, 2.24) is 4.57 Å². The number of carbonyl (C=O) groups excluding carboxylic acids is 1. The van der Waals surface area contributed by atoms with Crippen molar-refractivity contribution in [2.24, 2.45) is 7.05 Å². The highest BCUT2D eigenvalue weighted by Crippen LogP contribution is 2.24. The molecule has 3 rings (SSSR count). The molecule has 1 heterocycles. The zero-order chi connectivity index (χ0) is 18.9. The minimum atomic E-state index is -0.243. The number of hydrogen-bond donors (Lipinski definition) is 1. The fourth-order valence-corrected chi connectivity index (χ4v) is 3.53. The molecule has 0 atom stereocenters. The summed E-state index contributed by atoms with van der Waals surface area (Å²) in [5.74, 6) is 0.414. The number of benzene rings is 2. The van der Waals surface area contributed by atoms with Crippen LogP contribution in [0.1, 0.15) is 26.3 Å². The predicted molar refractivity (Wildman–Crippen MR) is 106 cm³/mol. The van der Waals surface area contributed by atoms with Gasteiger partial charge in [-0.25, -0.2) is 0 Å². The fourth-order valence-electron chi connectivity index (χ4n) is 2.61. The number of rotatable bonds is 4. The molecule has 3 aromatic rings. The largest absolute Gasteiger partial charge is 0.484 e. The summed E-state index contributed by atoms with van der Waals surface area (Å²) in [6.45, 7) is 6.38. The van der Waals surface area contributed by atoms with E-state index >= 15 is 0 Å². The Morgan fingerprint density at radius 3 is 2.50 bits per heavy atom. The maximum absolute atomic E-state index is 12.1. The van der Waals surface area contributed by atoms with Crippen molar-refractivity contribution in [3.63, 3.8) is 0 Å². The SMILES string of the molecule is Cn1c(=O)sc2cc(NC(=O)COc3ccc(C(C)(C)C)cc3)ccc21. The Kier molecular flexibility index (Phi) is 4.87. The summed E-state index contributed by atoms with van der Waals surface area (Å²) < 4.78 is 7.99. The van der Waals surface area contributed by atoms with E-state index in [-0.39, 0.29) is 22.8 Å². The first kappa shape index (κ1) is 18.2. The average Bonchev–Trinajstić information content (AvgIpc) is 2.86. The van der Waals surface area contributed by atoms with Crippen molar-refractivity contribution in [2.75, 3.05) is 11.9 Å². The van der Waals surface area contributed by atoms with Crippen molar-refractivity contribution < 1.29 is 9.53 Å². The Hall–Kier alpha value is -2.60. The second-order valence-electron chi connectivity index (χ2n) is 7.22. The van der Waals surface area contributed by atoms with E-state index in [4.69, 9.17) is 4.74 Å². The van der Waals surface area contributed by atoms with Crippen LogP contribution in [-0.2, 0) is 17.3 Å². The first-order valence-electron chi connectivity index (χ1n) is 8.37. The van der Waals surface area contributed by atoms with Gasteiger partial charge >= 0.3 is 4.87 Å². The van der Waals surface area contributed by atoms with Crippen LogP contribution in [0.2, 0.25) is 0 Å². The van der Waals surface area contributed by atoms with Gasteiger partial charge in [0.15, 0.2) is 6.61 Å². The van der Waals surface area contributed by atoms with Crippen LogP contribution in [0.25, 0.3) is 10.2 Å². The van der Waals surface area contributed by atoms with E-state index in [0.29, 0.717) is 11.4 Å². The average molecular weight is 370 g/mol. The molecule has 0 radical (unpaired) electrons. The van der Waals surface area contributed by atoms with Crippen LogP contribution >= 0.6 is 11.3 Å². The molecule has 1 aromatic heterocycles. The lowest BCUT2D eigenvalue weighted by atomic mass is 9.87. The van der Waals surface area contributed by atoms with E-state index < -0.39 is 0 Å². The molecular weight excluding hydrogens is 348 g/mol. The molecule has 5 nitrogen and oxygen atoms in total. The third-order valence-corrected chi connectivity index (χ3v) is 5.16. The molecule has 2 aromatic carbocycles. The normalized spacial score (nSPS) is 11.5. The molecule has 0 spiro atoms. The van der Waals surface area contributed by atoms with Gasteiger partial charge in [-0.2, -0.15) is 0 Å². The number of carbonyl (C=O) groups is 1. The van der Waals surface area contributed by atoms with Crippen molar-refractivity contribution in [2.45, 2.75) is 26.2 Å². The minimum Gasteiger partial charge on any atom is -0.484 e. The molecule has 0 bridgehead atoms. The number of nitrogens with one attached hydrogen (secondary N) is 1. The lowest BCUT2D eigenvalue weighted by Crippen LogP contribution is -2.20. The number of nitrogens with zero attached hydrogens (tertiary/aromatic N) is 1. The Bertz CT molecular complexity index is 995. The van der Waals surface area contributed by atoms with Gasteiger partial charge in [0.2, 0.25) is 0 Å². The fraction of sp³-hybridized carbons (Fsp3) is 0.300. The number of fused-ring (bicyclic) bond motifs is 1. The molecule has 1 amide bonds. The van der Waals surface area contributed by atoms with E-state index in [2.05, 4.69) is 26.1 Å². The van der Waals surface area contributed by atoms with Crippen molar-refractivity contribution in [1.29, 1.82) is 0 Å². The van der Waals surface area contributed by atoms with Crippen LogP contribution in [0, 0.1) is 0 Å². The molecule has 6 heteroatoms. The van der Waals surface area contributed by atoms with Gasteiger partial charge in [0, 0.05) is 12.7 Å². The quantitative estimate of drug-likeness (QED) is 0.757. The van der Waals surface area contributed by atoms with E-state index in [1.165, 1.54) is 5.56 Å². The van der Waals surface area contributed by atoms with Crippen molar-refractivity contribution in [3.8, 4) is 5.75 Å². The summed E-state index contributed by atoms with van der Waals surface area (Å²) in [7, 11) is 1.73. The second kappa shape index (κ2) is 6.96. The van der Waals surface area contributed by atoms with Crippen LogP contribution in [0.3, 0.4) is 0 Å². The van der Waals surface area contributed by atoms with E-state index in [0.717, 1.165) is 21.6 Å². The summed E-state index contributed by atoms with van der Waals surface area (Å²) >= 11 is 1.16. The van der Waals surface area contributed by atoms with Gasteiger partial charge in [-0.15, -0.1) is 0 Å². The first-order chi connectivity index (χ1) is 12.2. The van der Waals surface area contributed by atoms with Crippen LogP contribution in [0.15, 0.2) is 47.3 Å². The summed E-state index contributed by atoms with van der Waals surface area (Å²) in [6.07, 6.45) is 0. The Morgan fingerprint density at radius 1 is 1.15 bits per heavy atom. The lowest BCUT2D eigenvalue weighted by molar-refractivity contribution is -0.118. The molecule has 0 unspecified atom stereocenters. The summed E-state index contributed by atoms with van der Waals surface area (Å²) in [6, 6.07) is 13.2. The maximum atomic E-state index is 12.1. The van der Waals surface area contributed by atoms with Crippen molar-refractivity contribution in [3.05, 3.63) is 57.7 Å². The maximum Gasteiger partial charge on any atom is 0.307 e. The summed E-state index contributed by atoms with van der Waals surface area (Å²) in [5.41, 5.74) is 2.80. The number of amides is 1. The highest BCUT2D eigenvalue weighted by Gasteiger charge is 2.13. The Balaban J connectivity index is 1.61. The number of ether oxygens (including phenoxy) is 1. The topological polar surface area (TPSA) is 60.3 Å². The third kappa shape index (κ3) is 3.96. The molecule has 0 saturated carbocycles. The van der Waals surface area contributed by atoms with E-state index in [1.807, 2.05) is 30.3 Å². The molecule has 1 N–H and O–H groups in total. The number of thiazole rings is 1.